The number of anilines is 1. The minimum absolute atomic E-state index is 0. The Morgan fingerprint density at radius 1 is 1.36 bits per heavy atom. The first-order valence-corrected chi connectivity index (χ1v) is 9.05. The zero-order valence-electron chi connectivity index (χ0n) is 14.6. The Kier molecular flexibility index (Phi) is 7.83. The molecule has 1 atom stereocenters. The van der Waals surface area contributed by atoms with Crippen LogP contribution in [0, 0.1) is 0 Å². The van der Waals surface area contributed by atoms with E-state index in [-0.39, 0.29) is 24.0 Å². The zero-order valence-corrected chi connectivity index (χ0v) is 17.7. The van der Waals surface area contributed by atoms with E-state index in [9.17, 15) is 0 Å². The normalized spacial score (nSPS) is 17.1. The predicted octanol–water partition coefficient (Wildman–Crippen LogP) is 3.32. The Balaban J connectivity index is 0.00000225. The van der Waals surface area contributed by atoms with E-state index in [2.05, 4.69) is 50.2 Å². The van der Waals surface area contributed by atoms with Crippen LogP contribution in [0.2, 0.25) is 0 Å². The van der Waals surface area contributed by atoms with Gasteiger partial charge in [0.05, 0.1) is 13.7 Å². The van der Waals surface area contributed by atoms with E-state index in [0.29, 0.717) is 6.04 Å². The first kappa shape index (κ1) is 19.8. The molecular formula is C18H25IN4OS. The standard InChI is InChI=1S/C18H24N4OS.HI/c1-19-18(20-12-17-7-4-10-24-17)21-14-8-9-22(13-14)15-5-3-6-16(11-15)23-2;/h3-7,10-11,14H,8-9,12-13H2,1-2H3,(H2,19,20,21);1H. The van der Waals surface area contributed by atoms with Crippen molar-refractivity contribution in [3.8, 4) is 5.75 Å². The average molecular weight is 472 g/mol. The molecule has 0 radical (unpaired) electrons. The fourth-order valence-corrected chi connectivity index (χ4v) is 3.54. The first-order valence-electron chi connectivity index (χ1n) is 8.17. The molecule has 1 unspecified atom stereocenters. The third-order valence-corrected chi connectivity index (χ3v) is 5.06. The summed E-state index contributed by atoms with van der Waals surface area (Å²) in [6.07, 6.45) is 1.09. The number of hydrogen-bond acceptors (Lipinski definition) is 4. The fraction of sp³-hybridized carbons (Fsp3) is 0.389. The van der Waals surface area contributed by atoms with Crippen molar-refractivity contribution in [2.24, 2.45) is 4.99 Å². The van der Waals surface area contributed by atoms with Crippen molar-refractivity contribution in [3.63, 3.8) is 0 Å². The highest BCUT2D eigenvalue weighted by molar-refractivity contribution is 14.0. The van der Waals surface area contributed by atoms with E-state index in [1.165, 1.54) is 10.6 Å². The Bertz CT molecular complexity index is 677. The van der Waals surface area contributed by atoms with Gasteiger partial charge in [0.1, 0.15) is 5.75 Å². The lowest BCUT2D eigenvalue weighted by molar-refractivity contribution is 0.415. The van der Waals surface area contributed by atoms with Crippen molar-refractivity contribution < 1.29 is 4.74 Å². The Morgan fingerprint density at radius 3 is 2.96 bits per heavy atom. The molecule has 0 amide bonds. The number of nitrogens with zero attached hydrogens (tertiary/aromatic N) is 2. The van der Waals surface area contributed by atoms with Crippen LogP contribution in [-0.4, -0.2) is 39.2 Å². The van der Waals surface area contributed by atoms with Crippen molar-refractivity contribution >= 4 is 47.0 Å². The van der Waals surface area contributed by atoms with Gasteiger partial charge in [-0.25, -0.2) is 0 Å². The SMILES string of the molecule is CN=C(NCc1cccs1)NC1CCN(c2cccc(OC)c2)C1.I. The number of halogens is 1. The number of aliphatic imine (C=N–C) groups is 1. The number of hydrogen-bond donors (Lipinski definition) is 2. The number of thiophene rings is 1. The molecule has 136 valence electrons. The number of nitrogens with one attached hydrogen (secondary N) is 2. The van der Waals surface area contributed by atoms with Gasteiger partial charge >= 0.3 is 0 Å². The minimum atomic E-state index is 0. The van der Waals surface area contributed by atoms with E-state index in [0.717, 1.165) is 37.8 Å². The van der Waals surface area contributed by atoms with Gasteiger partial charge in [-0.05, 0) is 30.0 Å². The number of methoxy groups -OCH3 is 1. The van der Waals surface area contributed by atoms with Gasteiger partial charge < -0.3 is 20.3 Å². The topological polar surface area (TPSA) is 48.9 Å². The van der Waals surface area contributed by atoms with Crippen LogP contribution >= 0.6 is 35.3 Å². The number of guanidine groups is 1. The number of rotatable bonds is 5. The van der Waals surface area contributed by atoms with Gasteiger partial charge in [-0.1, -0.05) is 12.1 Å². The molecule has 3 rings (SSSR count). The molecule has 0 saturated carbocycles. The molecule has 1 fully saturated rings. The lowest BCUT2D eigenvalue weighted by atomic mass is 10.2. The van der Waals surface area contributed by atoms with Crippen molar-refractivity contribution in [2.75, 3.05) is 32.1 Å². The summed E-state index contributed by atoms with van der Waals surface area (Å²) >= 11 is 1.75. The molecule has 1 aromatic carbocycles. The van der Waals surface area contributed by atoms with Gasteiger partial charge in [-0.3, -0.25) is 4.99 Å². The van der Waals surface area contributed by atoms with Gasteiger partial charge in [0.15, 0.2) is 5.96 Å². The van der Waals surface area contributed by atoms with Crippen LogP contribution < -0.4 is 20.3 Å². The largest absolute Gasteiger partial charge is 0.497 e. The van der Waals surface area contributed by atoms with E-state index >= 15 is 0 Å². The molecule has 1 saturated heterocycles. The quantitative estimate of drug-likeness (QED) is 0.399. The van der Waals surface area contributed by atoms with E-state index in [1.54, 1.807) is 18.4 Å². The molecular weight excluding hydrogens is 447 g/mol. The lowest BCUT2D eigenvalue weighted by Crippen LogP contribution is -2.44. The molecule has 1 aliphatic rings. The second-order valence-electron chi connectivity index (χ2n) is 5.78. The minimum Gasteiger partial charge on any atom is -0.497 e. The molecule has 25 heavy (non-hydrogen) atoms. The molecule has 1 aromatic heterocycles. The van der Waals surface area contributed by atoms with Gasteiger partial charge in [0.25, 0.3) is 0 Å². The van der Waals surface area contributed by atoms with Crippen LogP contribution in [0.3, 0.4) is 0 Å². The highest BCUT2D eigenvalue weighted by atomic mass is 127. The van der Waals surface area contributed by atoms with E-state index < -0.39 is 0 Å². The zero-order chi connectivity index (χ0) is 16.8. The second-order valence-corrected chi connectivity index (χ2v) is 6.81. The summed E-state index contributed by atoms with van der Waals surface area (Å²) in [7, 11) is 3.52. The molecule has 7 heteroatoms. The summed E-state index contributed by atoms with van der Waals surface area (Å²) in [5, 5.41) is 9.00. The monoisotopic (exact) mass is 472 g/mol. The molecule has 2 N–H and O–H groups in total. The smallest absolute Gasteiger partial charge is 0.191 e. The van der Waals surface area contributed by atoms with Gasteiger partial charge in [0, 0.05) is 42.8 Å². The highest BCUT2D eigenvalue weighted by Gasteiger charge is 2.23. The van der Waals surface area contributed by atoms with Crippen molar-refractivity contribution in [2.45, 2.75) is 19.0 Å². The summed E-state index contributed by atoms with van der Waals surface area (Å²) < 4.78 is 5.32. The Morgan fingerprint density at radius 2 is 2.24 bits per heavy atom. The number of ether oxygens (including phenoxy) is 1. The van der Waals surface area contributed by atoms with Gasteiger partial charge in [0.2, 0.25) is 0 Å². The molecule has 1 aliphatic heterocycles. The first-order chi connectivity index (χ1) is 11.8. The Hall–Kier alpha value is -1.48. The fourth-order valence-electron chi connectivity index (χ4n) is 2.89. The van der Waals surface area contributed by atoms with E-state index in [4.69, 9.17) is 4.74 Å². The highest BCUT2D eigenvalue weighted by Crippen LogP contribution is 2.24. The molecule has 0 aliphatic carbocycles. The van der Waals surface area contributed by atoms with Crippen molar-refractivity contribution in [1.82, 2.24) is 10.6 Å². The van der Waals surface area contributed by atoms with Crippen LogP contribution in [0.15, 0.2) is 46.8 Å². The van der Waals surface area contributed by atoms with E-state index in [1.807, 2.05) is 19.2 Å². The maximum absolute atomic E-state index is 5.32. The molecule has 0 spiro atoms. The van der Waals surface area contributed by atoms with Crippen LogP contribution in [-0.2, 0) is 6.54 Å². The van der Waals surface area contributed by atoms with Gasteiger partial charge in [-0.15, -0.1) is 35.3 Å². The predicted molar refractivity (Wildman–Crippen MR) is 117 cm³/mol. The van der Waals surface area contributed by atoms with Crippen LogP contribution in [0.25, 0.3) is 0 Å². The Labute approximate surface area is 170 Å². The maximum atomic E-state index is 5.32. The third kappa shape index (κ3) is 5.50. The summed E-state index contributed by atoms with van der Waals surface area (Å²) in [4.78, 5) is 8.03. The van der Waals surface area contributed by atoms with Gasteiger partial charge in [-0.2, -0.15) is 0 Å². The van der Waals surface area contributed by atoms with Crippen molar-refractivity contribution in [3.05, 3.63) is 46.7 Å². The van der Waals surface area contributed by atoms with Crippen LogP contribution in [0.4, 0.5) is 5.69 Å². The summed E-state index contributed by atoms with van der Waals surface area (Å²) in [5.41, 5.74) is 1.21. The lowest BCUT2D eigenvalue weighted by Gasteiger charge is -2.20. The third-order valence-electron chi connectivity index (χ3n) is 4.18. The summed E-state index contributed by atoms with van der Waals surface area (Å²) in [6, 6.07) is 12.8. The second kappa shape index (κ2) is 9.86. The molecule has 2 aromatic rings. The average Bonchev–Trinajstić information content (AvgIpc) is 3.30. The number of benzene rings is 1. The molecule has 0 bridgehead atoms. The van der Waals surface area contributed by atoms with Crippen LogP contribution in [0.5, 0.6) is 5.75 Å². The molecule has 2 heterocycles. The van der Waals surface area contributed by atoms with Crippen molar-refractivity contribution in [1.29, 1.82) is 0 Å². The summed E-state index contributed by atoms with van der Waals surface area (Å²) in [6.45, 7) is 2.81. The molecule has 5 nitrogen and oxygen atoms in total. The van der Waals surface area contributed by atoms with Crippen LogP contribution in [0.1, 0.15) is 11.3 Å². The maximum Gasteiger partial charge on any atom is 0.191 e. The summed E-state index contributed by atoms with van der Waals surface area (Å²) in [5.74, 6) is 1.76.